The molecule has 1 unspecified atom stereocenters. The number of rotatable bonds is 6. The van der Waals surface area contributed by atoms with Gasteiger partial charge in [0, 0.05) is 0 Å². The predicted octanol–water partition coefficient (Wildman–Crippen LogP) is 1.33. The summed E-state index contributed by atoms with van der Waals surface area (Å²) in [5, 5.41) is 3.05. The summed E-state index contributed by atoms with van der Waals surface area (Å²) in [6.45, 7) is 4.10. The lowest BCUT2D eigenvalue weighted by Gasteiger charge is -2.08. The molecule has 0 aliphatic rings. The van der Waals surface area contributed by atoms with E-state index in [1.807, 2.05) is 13.8 Å². The summed E-state index contributed by atoms with van der Waals surface area (Å²) in [7, 11) is -2.20. The SMILES string of the molecule is CNS(=O)(=O)c1ccc(CNC(C)c2ncc(C)o2)o1. The Labute approximate surface area is 117 Å². The van der Waals surface area contributed by atoms with Gasteiger partial charge in [0.15, 0.2) is 0 Å². The van der Waals surface area contributed by atoms with Gasteiger partial charge in [-0.1, -0.05) is 0 Å². The molecule has 2 aromatic rings. The van der Waals surface area contributed by atoms with E-state index in [-0.39, 0.29) is 11.1 Å². The molecule has 8 heteroatoms. The second-order valence-electron chi connectivity index (χ2n) is 4.34. The van der Waals surface area contributed by atoms with E-state index in [0.29, 0.717) is 18.2 Å². The van der Waals surface area contributed by atoms with Crippen LogP contribution < -0.4 is 10.0 Å². The zero-order chi connectivity index (χ0) is 14.8. The average Bonchev–Trinajstić information content (AvgIpc) is 3.05. The van der Waals surface area contributed by atoms with Gasteiger partial charge in [-0.3, -0.25) is 5.32 Å². The van der Waals surface area contributed by atoms with E-state index in [9.17, 15) is 8.42 Å². The second-order valence-corrected chi connectivity index (χ2v) is 6.16. The average molecular weight is 299 g/mol. The van der Waals surface area contributed by atoms with E-state index in [0.717, 1.165) is 5.76 Å². The van der Waals surface area contributed by atoms with Crippen LogP contribution in [0.15, 0.2) is 32.3 Å². The predicted molar refractivity (Wildman–Crippen MR) is 71.4 cm³/mol. The first-order valence-electron chi connectivity index (χ1n) is 6.10. The van der Waals surface area contributed by atoms with Crippen LogP contribution in [0.4, 0.5) is 0 Å². The molecular formula is C12H17N3O4S. The molecule has 0 aliphatic carbocycles. The number of nitrogens with zero attached hydrogens (tertiary/aromatic N) is 1. The Morgan fingerprint density at radius 2 is 2.10 bits per heavy atom. The molecule has 0 fully saturated rings. The Morgan fingerprint density at radius 3 is 2.70 bits per heavy atom. The van der Waals surface area contributed by atoms with Gasteiger partial charge in [-0.05, 0) is 33.0 Å². The minimum absolute atomic E-state index is 0.0989. The van der Waals surface area contributed by atoms with Gasteiger partial charge in [-0.2, -0.15) is 0 Å². The van der Waals surface area contributed by atoms with E-state index in [1.54, 1.807) is 12.3 Å². The van der Waals surface area contributed by atoms with E-state index in [1.165, 1.54) is 13.1 Å². The molecule has 1 atom stereocenters. The molecule has 2 heterocycles. The van der Waals surface area contributed by atoms with Gasteiger partial charge in [0.1, 0.15) is 11.5 Å². The van der Waals surface area contributed by atoms with Crippen molar-refractivity contribution in [1.29, 1.82) is 0 Å². The van der Waals surface area contributed by atoms with Crippen molar-refractivity contribution in [3.05, 3.63) is 35.7 Å². The van der Waals surface area contributed by atoms with E-state index >= 15 is 0 Å². The second kappa shape index (κ2) is 5.78. The van der Waals surface area contributed by atoms with E-state index in [2.05, 4.69) is 15.0 Å². The number of nitrogens with one attached hydrogen (secondary N) is 2. The summed E-state index contributed by atoms with van der Waals surface area (Å²) in [6.07, 6.45) is 1.65. The molecule has 0 aromatic carbocycles. The number of hydrogen-bond acceptors (Lipinski definition) is 6. The van der Waals surface area contributed by atoms with Crippen molar-refractivity contribution >= 4 is 10.0 Å². The van der Waals surface area contributed by atoms with Gasteiger partial charge in [-0.25, -0.2) is 18.1 Å². The minimum atomic E-state index is -3.54. The zero-order valence-corrected chi connectivity index (χ0v) is 12.3. The third-order valence-electron chi connectivity index (χ3n) is 2.76. The summed E-state index contributed by atoms with van der Waals surface area (Å²) in [5.41, 5.74) is 0. The minimum Gasteiger partial charge on any atom is -0.447 e. The molecule has 2 N–H and O–H groups in total. The first-order valence-corrected chi connectivity index (χ1v) is 7.58. The van der Waals surface area contributed by atoms with Gasteiger partial charge >= 0.3 is 0 Å². The normalized spacial score (nSPS) is 13.6. The lowest BCUT2D eigenvalue weighted by molar-refractivity contribution is 0.366. The fourth-order valence-electron chi connectivity index (χ4n) is 1.61. The highest BCUT2D eigenvalue weighted by Gasteiger charge is 2.17. The molecule has 2 aromatic heterocycles. The molecule has 0 radical (unpaired) electrons. The number of furan rings is 1. The van der Waals surface area contributed by atoms with Crippen LogP contribution in [0.1, 0.15) is 30.4 Å². The van der Waals surface area contributed by atoms with Crippen LogP contribution in [0, 0.1) is 6.92 Å². The molecule has 0 saturated heterocycles. The van der Waals surface area contributed by atoms with Gasteiger partial charge < -0.3 is 8.83 Å². The Kier molecular flexibility index (Phi) is 4.26. The largest absolute Gasteiger partial charge is 0.447 e. The van der Waals surface area contributed by atoms with Gasteiger partial charge in [0.2, 0.25) is 11.0 Å². The molecular weight excluding hydrogens is 282 g/mol. The summed E-state index contributed by atoms with van der Waals surface area (Å²) in [6, 6.07) is 2.94. The molecule has 110 valence electrons. The number of aryl methyl sites for hydroxylation is 1. The Hall–Kier alpha value is -1.64. The van der Waals surface area contributed by atoms with Crippen molar-refractivity contribution in [3.63, 3.8) is 0 Å². The quantitative estimate of drug-likeness (QED) is 0.835. The highest BCUT2D eigenvalue weighted by atomic mass is 32.2. The van der Waals surface area contributed by atoms with Crippen LogP contribution in [0.5, 0.6) is 0 Å². The fourth-order valence-corrected chi connectivity index (χ4v) is 2.28. The third kappa shape index (κ3) is 3.27. The Balaban J connectivity index is 1.98. The molecule has 20 heavy (non-hydrogen) atoms. The first-order chi connectivity index (χ1) is 9.42. The Bertz CT molecular complexity index is 674. The lowest BCUT2D eigenvalue weighted by Crippen LogP contribution is -2.19. The topological polar surface area (TPSA) is 97.4 Å². The maximum absolute atomic E-state index is 11.5. The number of sulfonamides is 1. The van der Waals surface area contributed by atoms with Crippen LogP contribution in [-0.2, 0) is 16.6 Å². The van der Waals surface area contributed by atoms with Crippen LogP contribution in [-0.4, -0.2) is 20.4 Å². The molecule has 0 amide bonds. The number of aromatic nitrogens is 1. The smallest absolute Gasteiger partial charge is 0.273 e. The van der Waals surface area contributed by atoms with Gasteiger partial charge in [0.25, 0.3) is 10.0 Å². The van der Waals surface area contributed by atoms with Crippen LogP contribution >= 0.6 is 0 Å². The highest BCUT2D eigenvalue weighted by Crippen LogP contribution is 2.16. The molecule has 0 saturated carbocycles. The molecule has 0 bridgehead atoms. The maximum atomic E-state index is 11.5. The lowest BCUT2D eigenvalue weighted by atomic mass is 10.3. The van der Waals surface area contributed by atoms with Crippen LogP contribution in [0.3, 0.4) is 0 Å². The standard InChI is InChI=1S/C12H17N3O4S/c1-8-6-15-12(18-8)9(2)14-7-10-4-5-11(19-10)20(16,17)13-3/h4-6,9,13-14H,7H2,1-3H3. The third-order valence-corrected chi connectivity index (χ3v) is 4.05. The van der Waals surface area contributed by atoms with Crippen LogP contribution in [0.2, 0.25) is 0 Å². The molecule has 2 rings (SSSR count). The maximum Gasteiger partial charge on any atom is 0.273 e. The first kappa shape index (κ1) is 14.8. The van der Waals surface area contributed by atoms with Crippen molar-refractivity contribution in [1.82, 2.24) is 15.0 Å². The summed E-state index contributed by atoms with van der Waals surface area (Å²) < 4.78 is 35.9. The molecule has 0 spiro atoms. The van der Waals surface area contributed by atoms with Crippen molar-refractivity contribution in [2.45, 2.75) is 31.5 Å². The number of oxazole rings is 1. The van der Waals surface area contributed by atoms with Crippen molar-refractivity contribution in [2.75, 3.05) is 7.05 Å². The summed E-state index contributed by atoms with van der Waals surface area (Å²) in [5.74, 6) is 1.85. The van der Waals surface area contributed by atoms with E-state index in [4.69, 9.17) is 8.83 Å². The fraction of sp³-hybridized carbons (Fsp3) is 0.417. The highest BCUT2D eigenvalue weighted by molar-refractivity contribution is 7.89. The van der Waals surface area contributed by atoms with Crippen molar-refractivity contribution in [3.8, 4) is 0 Å². The zero-order valence-electron chi connectivity index (χ0n) is 11.5. The van der Waals surface area contributed by atoms with Crippen molar-refractivity contribution < 1.29 is 17.3 Å². The molecule has 7 nitrogen and oxygen atoms in total. The molecule has 0 aliphatic heterocycles. The monoisotopic (exact) mass is 299 g/mol. The van der Waals surface area contributed by atoms with Gasteiger partial charge in [0.05, 0.1) is 18.8 Å². The van der Waals surface area contributed by atoms with E-state index < -0.39 is 10.0 Å². The van der Waals surface area contributed by atoms with Crippen molar-refractivity contribution in [2.24, 2.45) is 0 Å². The summed E-state index contributed by atoms with van der Waals surface area (Å²) >= 11 is 0. The Morgan fingerprint density at radius 1 is 1.35 bits per heavy atom. The van der Waals surface area contributed by atoms with Crippen LogP contribution in [0.25, 0.3) is 0 Å². The summed E-state index contributed by atoms with van der Waals surface area (Å²) in [4.78, 5) is 4.12. The van der Waals surface area contributed by atoms with Gasteiger partial charge in [-0.15, -0.1) is 0 Å². The number of hydrogen-bond donors (Lipinski definition) is 2.